The van der Waals surface area contributed by atoms with Crippen molar-refractivity contribution in [3.05, 3.63) is 52.1 Å². The van der Waals surface area contributed by atoms with Gasteiger partial charge in [0, 0.05) is 17.0 Å². The number of nitro groups is 1. The number of nitrogens with one attached hydrogen (secondary N) is 2. The number of methoxy groups -OCH3 is 1. The first-order valence-electron chi connectivity index (χ1n) is 8.69. The van der Waals surface area contributed by atoms with E-state index in [4.69, 9.17) is 9.47 Å². The number of carbonyl (C=O) groups is 3. The van der Waals surface area contributed by atoms with Gasteiger partial charge in [-0.25, -0.2) is 4.79 Å². The van der Waals surface area contributed by atoms with Crippen molar-refractivity contribution in [2.24, 2.45) is 0 Å². The minimum atomic E-state index is -1.19. The SMILES string of the molecule is COc1ccc([N+](=O)[O-])cc1NC(=O)C(C)OC(=O)c1ccc2c(c1)NC(=O)CS2. The highest BCUT2D eigenvalue weighted by Crippen LogP contribution is 2.32. The number of hydrogen-bond donors (Lipinski definition) is 2. The van der Waals surface area contributed by atoms with Crippen LogP contribution >= 0.6 is 11.8 Å². The number of fused-ring (bicyclic) bond motifs is 1. The number of benzene rings is 2. The summed E-state index contributed by atoms with van der Waals surface area (Å²) in [7, 11) is 1.35. The number of rotatable bonds is 6. The van der Waals surface area contributed by atoms with Gasteiger partial charge in [0.1, 0.15) is 5.75 Å². The van der Waals surface area contributed by atoms with Crippen LogP contribution in [0.15, 0.2) is 41.3 Å². The Morgan fingerprint density at radius 2 is 2.03 bits per heavy atom. The second-order valence-electron chi connectivity index (χ2n) is 6.23. The van der Waals surface area contributed by atoms with Crippen LogP contribution < -0.4 is 15.4 Å². The van der Waals surface area contributed by atoms with E-state index in [1.54, 1.807) is 12.1 Å². The minimum absolute atomic E-state index is 0.0770. The topological polar surface area (TPSA) is 137 Å². The first-order valence-corrected chi connectivity index (χ1v) is 9.68. The molecule has 0 fully saturated rings. The average Bonchev–Trinajstić information content (AvgIpc) is 2.72. The molecule has 0 spiro atoms. The van der Waals surface area contributed by atoms with Crippen molar-refractivity contribution in [3.63, 3.8) is 0 Å². The Bertz CT molecular complexity index is 1040. The Morgan fingerprint density at radius 3 is 2.73 bits per heavy atom. The van der Waals surface area contributed by atoms with E-state index in [-0.39, 0.29) is 28.6 Å². The summed E-state index contributed by atoms with van der Waals surface area (Å²) in [6.07, 6.45) is -1.19. The lowest BCUT2D eigenvalue weighted by Gasteiger charge is -2.18. The van der Waals surface area contributed by atoms with Crippen molar-refractivity contribution >= 4 is 46.6 Å². The minimum Gasteiger partial charge on any atom is -0.495 e. The standard InChI is InChI=1S/C19H17N3O7S/c1-10(18(24)21-13-8-12(22(26)27)4-5-15(13)28-2)29-19(25)11-3-6-16-14(7-11)20-17(23)9-30-16/h3-8,10H,9H2,1-2H3,(H,20,23)(H,21,24). The zero-order valence-electron chi connectivity index (χ0n) is 16.0. The Hall–Kier alpha value is -3.60. The van der Waals surface area contributed by atoms with Gasteiger partial charge in [0.25, 0.3) is 11.6 Å². The molecule has 2 amide bonds. The molecule has 1 heterocycles. The Labute approximate surface area is 175 Å². The van der Waals surface area contributed by atoms with Crippen LogP contribution in [0.25, 0.3) is 0 Å². The van der Waals surface area contributed by atoms with Crippen LogP contribution in [0.5, 0.6) is 5.75 Å². The highest BCUT2D eigenvalue weighted by molar-refractivity contribution is 8.00. The molecule has 0 aromatic heterocycles. The second-order valence-corrected chi connectivity index (χ2v) is 7.24. The van der Waals surface area contributed by atoms with Gasteiger partial charge < -0.3 is 20.1 Å². The molecule has 2 aromatic rings. The summed E-state index contributed by atoms with van der Waals surface area (Å²) < 4.78 is 10.3. The van der Waals surface area contributed by atoms with Crippen LogP contribution in [-0.2, 0) is 14.3 Å². The zero-order chi connectivity index (χ0) is 21.8. The van der Waals surface area contributed by atoms with Crippen LogP contribution in [0.2, 0.25) is 0 Å². The second kappa shape index (κ2) is 8.82. The summed E-state index contributed by atoms with van der Waals surface area (Å²) in [6.45, 7) is 1.37. The molecule has 1 aliphatic rings. The summed E-state index contributed by atoms with van der Waals surface area (Å²) >= 11 is 1.36. The van der Waals surface area contributed by atoms with Crippen molar-refractivity contribution in [1.29, 1.82) is 0 Å². The number of thioether (sulfide) groups is 1. The van der Waals surface area contributed by atoms with E-state index in [2.05, 4.69) is 10.6 Å². The summed E-state index contributed by atoms with van der Waals surface area (Å²) in [5.74, 6) is -1.10. The fourth-order valence-corrected chi connectivity index (χ4v) is 3.42. The predicted molar refractivity (Wildman–Crippen MR) is 109 cm³/mol. The number of esters is 1. The number of carbonyl (C=O) groups excluding carboxylic acids is 3. The molecule has 1 aliphatic heterocycles. The highest BCUT2D eigenvalue weighted by atomic mass is 32.2. The molecule has 0 saturated heterocycles. The maximum Gasteiger partial charge on any atom is 0.338 e. The fraction of sp³-hybridized carbons (Fsp3) is 0.211. The first-order chi connectivity index (χ1) is 14.3. The van der Waals surface area contributed by atoms with Gasteiger partial charge in [-0.05, 0) is 31.2 Å². The molecule has 0 saturated carbocycles. The quantitative estimate of drug-likeness (QED) is 0.405. The number of nitro benzene ring substituents is 1. The third-order valence-electron chi connectivity index (χ3n) is 4.15. The Kier molecular flexibility index (Phi) is 6.21. The number of ether oxygens (including phenoxy) is 2. The van der Waals surface area contributed by atoms with Gasteiger partial charge in [0.15, 0.2) is 6.10 Å². The van der Waals surface area contributed by atoms with Gasteiger partial charge in [-0.1, -0.05) is 0 Å². The third kappa shape index (κ3) is 4.69. The Balaban J connectivity index is 1.69. The van der Waals surface area contributed by atoms with E-state index in [1.165, 1.54) is 44.0 Å². The molecule has 2 N–H and O–H groups in total. The summed E-state index contributed by atoms with van der Waals surface area (Å²) in [4.78, 5) is 47.5. The molecule has 156 valence electrons. The van der Waals surface area contributed by atoms with Gasteiger partial charge in [0.05, 0.1) is 34.7 Å². The van der Waals surface area contributed by atoms with Gasteiger partial charge >= 0.3 is 5.97 Å². The molecule has 1 atom stereocenters. The van der Waals surface area contributed by atoms with E-state index in [9.17, 15) is 24.5 Å². The van der Waals surface area contributed by atoms with Crippen LogP contribution in [0.1, 0.15) is 17.3 Å². The summed E-state index contributed by atoms with van der Waals surface area (Å²) in [5.41, 5.74) is 0.520. The van der Waals surface area contributed by atoms with E-state index in [0.29, 0.717) is 11.4 Å². The fourth-order valence-electron chi connectivity index (χ4n) is 2.63. The van der Waals surface area contributed by atoms with Crippen molar-refractivity contribution in [3.8, 4) is 5.75 Å². The Morgan fingerprint density at radius 1 is 1.27 bits per heavy atom. The zero-order valence-corrected chi connectivity index (χ0v) is 16.8. The number of non-ortho nitro benzene ring substituents is 1. The molecule has 0 aliphatic carbocycles. The van der Waals surface area contributed by atoms with Crippen molar-refractivity contribution < 1.29 is 28.8 Å². The molecule has 10 nitrogen and oxygen atoms in total. The lowest BCUT2D eigenvalue weighted by Crippen LogP contribution is -2.30. The molecule has 0 radical (unpaired) electrons. The lowest BCUT2D eigenvalue weighted by atomic mass is 10.2. The molecule has 1 unspecified atom stereocenters. The van der Waals surface area contributed by atoms with Crippen LogP contribution in [0.4, 0.5) is 17.1 Å². The molecule has 30 heavy (non-hydrogen) atoms. The van der Waals surface area contributed by atoms with E-state index < -0.39 is 22.9 Å². The van der Waals surface area contributed by atoms with Crippen molar-refractivity contribution in [1.82, 2.24) is 0 Å². The number of amides is 2. The van der Waals surface area contributed by atoms with Crippen LogP contribution in [0, 0.1) is 10.1 Å². The molecule has 11 heteroatoms. The van der Waals surface area contributed by atoms with E-state index in [1.807, 2.05) is 0 Å². The molecule has 3 rings (SSSR count). The predicted octanol–water partition coefficient (Wildman–Crippen LogP) is 2.83. The maximum absolute atomic E-state index is 12.4. The normalized spacial score (nSPS) is 13.5. The summed E-state index contributed by atoms with van der Waals surface area (Å²) in [6, 6.07) is 8.45. The monoisotopic (exact) mass is 431 g/mol. The third-order valence-corrected chi connectivity index (χ3v) is 5.23. The summed E-state index contributed by atoms with van der Waals surface area (Å²) in [5, 5.41) is 16.1. The van der Waals surface area contributed by atoms with Gasteiger partial charge in [-0.3, -0.25) is 19.7 Å². The smallest absolute Gasteiger partial charge is 0.338 e. The van der Waals surface area contributed by atoms with Crippen molar-refractivity contribution in [2.75, 3.05) is 23.5 Å². The van der Waals surface area contributed by atoms with Crippen molar-refractivity contribution in [2.45, 2.75) is 17.9 Å². The van der Waals surface area contributed by atoms with E-state index >= 15 is 0 Å². The average molecular weight is 431 g/mol. The highest BCUT2D eigenvalue weighted by Gasteiger charge is 2.23. The van der Waals surface area contributed by atoms with Gasteiger partial charge in [0.2, 0.25) is 5.91 Å². The van der Waals surface area contributed by atoms with Crippen LogP contribution in [-0.4, -0.2) is 41.7 Å². The molecule has 2 aromatic carbocycles. The lowest BCUT2D eigenvalue weighted by molar-refractivity contribution is -0.384. The first kappa shape index (κ1) is 21.1. The van der Waals surface area contributed by atoms with Gasteiger partial charge in [-0.15, -0.1) is 11.8 Å². The number of anilines is 2. The molecular formula is C19H17N3O7S. The molecule has 0 bridgehead atoms. The number of nitrogens with zero attached hydrogens (tertiary/aromatic N) is 1. The van der Waals surface area contributed by atoms with E-state index in [0.717, 1.165) is 11.0 Å². The van der Waals surface area contributed by atoms with Crippen LogP contribution in [0.3, 0.4) is 0 Å². The maximum atomic E-state index is 12.4. The van der Waals surface area contributed by atoms with Gasteiger partial charge in [-0.2, -0.15) is 0 Å². The molecular weight excluding hydrogens is 414 g/mol. The number of hydrogen-bond acceptors (Lipinski definition) is 8. The largest absolute Gasteiger partial charge is 0.495 e.